The smallest absolute Gasteiger partial charge is 0.228 e. The van der Waals surface area contributed by atoms with Gasteiger partial charge in [-0.15, -0.1) is 11.3 Å². The minimum absolute atomic E-state index is 0.167. The molecular formula is C16H20N4OS. The molecule has 6 heteroatoms. The van der Waals surface area contributed by atoms with E-state index in [9.17, 15) is 4.79 Å². The summed E-state index contributed by atoms with van der Waals surface area (Å²) in [6, 6.07) is 10.4. The summed E-state index contributed by atoms with van der Waals surface area (Å²) in [4.78, 5) is 21.0. The second kappa shape index (κ2) is 6.79. The highest BCUT2D eigenvalue weighted by Crippen LogP contribution is 2.18. The number of amides is 1. The third-order valence-corrected chi connectivity index (χ3v) is 4.76. The van der Waals surface area contributed by atoms with Crippen molar-refractivity contribution in [2.45, 2.75) is 6.42 Å². The van der Waals surface area contributed by atoms with Crippen LogP contribution < -0.4 is 10.2 Å². The average Bonchev–Trinajstić information content (AvgIpc) is 3.03. The molecule has 1 aromatic carbocycles. The molecule has 2 heterocycles. The van der Waals surface area contributed by atoms with Crippen LogP contribution in [0.3, 0.4) is 0 Å². The van der Waals surface area contributed by atoms with Gasteiger partial charge in [-0.2, -0.15) is 0 Å². The normalized spacial score (nSPS) is 15.0. The largest absolute Gasteiger partial charge is 0.368 e. The lowest BCUT2D eigenvalue weighted by atomic mass is 10.2. The monoisotopic (exact) mass is 316 g/mol. The van der Waals surface area contributed by atoms with Crippen LogP contribution in [0.5, 0.6) is 0 Å². The number of piperazine rings is 1. The molecule has 1 aliphatic rings. The number of benzene rings is 1. The maximum Gasteiger partial charge on any atom is 0.228 e. The summed E-state index contributed by atoms with van der Waals surface area (Å²) >= 11 is 1.53. The lowest BCUT2D eigenvalue weighted by molar-refractivity contribution is -0.130. The molecule has 1 aromatic heterocycles. The van der Waals surface area contributed by atoms with E-state index in [4.69, 9.17) is 0 Å². The first-order valence-corrected chi connectivity index (χ1v) is 8.34. The Hall–Kier alpha value is -2.08. The van der Waals surface area contributed by atoms with Crippen molar-refractivity contribution >= 4 is 28.1 Å². The SMILES string of the molecule is CNc1nc(CC(=O)N2CCN(c3ccccc3)CC2)cs1. The predicted molar refractivity (Wildman–Crippen MR) is 90.6 cm³/mol. The van der Waals surface area contributed by atoms with E-state index in [-0.39, 0.29) is 5.91 Å². The Labute approximate surface area is 134 Å². The second-order valence-electron chi connectivity index (χ2n) is 5.27. The van der Waals surface area contributed by atoms with Crippen LogP contribution in [0, 0.1) is 0 Å². The fourth-order valence-corrected chi connectivity index (χ4v) is 3.29. The molecule has 0 spiro atoms. The van der Waals surface area contributed by atoms with Gasteiger partial charge in [-0.1, -0.05) is 18.2 Å². The number of carbonyl (C=O) groups is 1. The minimum atomic E-state index is 0.167. The molecule has 2 aromatic rings. The van der Waals surface area contributed by atoms with E-state index in [0.29, 0.717) is 6.42 Å². The van der Waals surface area contributed by atoms with Gasteiger partial charge in [0.2, 0.25) is 5.91 Å². The van der Waals surface area contributed by atoms with E-state index >= 15 is 0 Å². The number of anilines is 2. The lowest BCUT2D eigenvalue weighted by Crippen LogP contribution is -2.49. The van der Waals surface area contributed by atoms with Crippen molar-refractivity contribution in [2.75, 3.05) is 43.4 Å². The van der Waals surface area contributed by atoms with E-state index in [1.54, 1.807) is 0 Å². The number of hydrogen-bond donors (Lipinski definition) is 1. The first kappa shape index (κ1) is 14.8. The summed E-state index contributed by atoms with van der Waals surface area (Å²) < 4.78 is 0. The highest BCUT2D eigenvalue weighted by molar-refractivity contribution is 7.13. The standard InChI is InChI=1S/C16H20N4OS/c1-17-16-18-13(12-22-16)11-15(21)20-9-7-19(8-10-20)14-5-3-2-4-6-14/h2-6,12H,7-11H2,1H3,(H,17,18). The Morgan fingerprint density at radius 2 is 1.95 bits per heavy atom. The molecule has 1 fully saturated rings. The van der Waals surface area contributed by atoms with Crippen molar-refractivity contribution in [1.82, 2.24) is 9.88 Å². The Morgan fingerprint density at radius 1 is 1.23 bits per heavy atom. The average molecular weight is 316 g/mol. The highest BCUT2D eigenvalue weighted by Gasteiger charge is 2.21. The zero-order chi connectivity index (χ0) is 15.4. The van der Waals surface area contributed by atoms with Crippen molar-refractivity contribution in [3.63, 3.8) is 0 Å². The van der Waals surface area contributed by atoms with Gasteiger partial charge in [0.05, 0.1) is 12.1 Å². The van der Waals surface area contributed by atoms with Gasteiger partial charge < -0.3 is 15.1 Å². The summed E-state index contributed by atoms with van der Waals surface area (Å²) in [7, 11) is 1.84. The molecule has 1 aliphatic heterocycles. The number of carbonyl (C=O) groups excluding carboxylic acids is 1. The van der Waals surface area contributed by atoms with Crippen molar-refractivity contribution in [2.24, 2.45) is 0 Å². The van der Waals surface area contributed by atoms with Gasteiger partial charge in [0.25, 0.3) is 0 Å². The number of thiazole rings is 1. The lowest BCUT2D eigenvalue weighted by Gasteiger charge is -2.36. The van der Waals surface area contributed by atoms with E-state index < -0.39 is 0 Å². The van der Waals surface area contributed by atoms with E-state index in [0.717, 1.165) is 37.0 Å². The molecular weight excluding hydrogens is 296 g/mol. The molecule has 0 aliphatic carbocycles. The molecule has 0 saturated carbocycles. The predicted octanol–water partition coefficient (Wildman–Crippen LogP) is 2.08. The zero-order valence-electron chi connectivity index (χ0n) is 12.7. The summed E-state index contributed by atoms with van der Waals surface area (Å²) in [6.45, 7) is 3.32. The Bertz CT molecular complexity index is 620. The molecule has 0 radical (unpaired) electrons. The van der Waals surface area contributed by atoms with E-state index in [1.165, 1.54) is 17.0 Å². The number of aromatic nitrogens is 1. The molecule has 3 rings (SSSR count). The third kappa shape index (κ3) is 3.39. The highest BCUT2D eigenvalue weighted by atomic mass is 32.1. The van der Waals surface area contributed by atoms with Gasteiger partial charge in [0, 0.05) is 44.3 Å². The van der Waals surface area contributed by atoms with Gasteiger partial charge >= 0.3 is 0 Å². The molecule has 1 N–H and O–H groups in total. The number of nitrogens with one attached hydrogen (secondary N) is 1. The van der Waals surface area contributed by atoms with Crippen LogP contribution in [0.4, 0.5) is 10.8 Å². The van der Waals surface area contributed by atoms with Gasteiger partial charge in [-0.3, -0.25) is 4.79 Å². The molecule has 116 valence electrons. The topological polar surface area (TPSA) is 48.5 Å². The number of nitrogens with zero attached hydrogens (tertiary/aromatic N) is 3. The molecule has 22 heavy (non-hydrogen) atoms. The Morgan fingerprint density at radius 3 is 2.59 bits per heavy atom. The van der Waals surface area contributed by atoms with Crippen molar-refractivity contribution < 1.29 is 4.79 Å². The Kier molecular flexibility index (Phi) is 4.58. The summed E-state index contributed by atoms with van der Waals surface area (Å²) in [5, 5.41) is 5.81. The van der Waals surface area contributed by atoms with Crippen molar-refractivity contribution in [1.29, 1.82) is 0 Å². The fourth-order valence-electron chi connectivity index (χ4n) is 2.62. The van der Waals surface area contributed by atoms with Crippen molar-refractivity contribution in [3.8, 4) is 0 Å². The minimum Gasteiger partial charge on any atom is -0.368 e. The summed E-state index contributed by atoms with van der Waals surface area (Å²) in [5.41, 5.74) is 2.08. The third-order valence-electron chi connectivity index (χ3n) is 3.85. The van der Waals surface area contributed by atoms with Crippen LogP contribution in [0.25, 0.3) is 0 Å². The first-order chi connectivity index (χ1) is 10.8. The van der Waals surface area contributed by atoms with Crippen LogP contribution in [0.15, 0.2) is 35.7 Å². The number of para-hydroxylation sites is 1. The molecule has 0 atom stereocenters. The molecule has 1 saturated heterocycles. The van der Waals surface area contributed by atoms with Crippen LogP contribution in [-0.4, -0.2) is 49.0 Å². The van der Waals surface area contributed by atoms with Crippen molar-refractivity contribution in [3.05, 3.63) is 41.4 Å². The van der Waals surface area contributed by atoms with E-state index in [1.807, 2.05) is 23.4 Å². The number of hydrogen-bond acceptors (Lipinski definition) is 5. The van der Waals surface area contributed by atoms with E-state index in [2.05, 4.69) is 39.5 Å². The molecule has 5 nitrogen and oxygen atoms in total. The van der Waals surface area contributed by atoms with Crippen LogP contribution in [0.1, 0.15) is 5.69 Å². The summed E-state index contributed by atoms with van der Waals surface area (Å²) in [6.07, 6.45) is 0.392. The van der Waals surface area contributed by atoms with Crippen LogP contribution in [-0.2, 0) is 11.2 Å². The first-order valence-electron chi connectivity index (χ1n) is 7.46. The van der Waals surface area contributed by atoms with Crippen LogP contribution >= 0.6 is 11.3 Å². The van der Waals surface area contributed by atoms with Gasteiger partial charge in [-0.25, -0.2) is 4.98 Å². The van der Waals surface area contributed by atoms with Gasteiger partial charge in [0.1, 0.15) is 0 Å². The summed E-state index contributed by atoms with van der Waals surface area (Å²) in [5.74, 6) is 0.167. The number of rotatable bonds is 4. The Balaban J connectivity index is 1.53. The maximum atomic E-state index is 12.4. The van der Waals surface area contributed by atoms with Gasteiger partial charge in [0.15, 0.2) is 5.13 Å². The van der Waals surface area contributed by atoms with Gasteiger partial charge in [-0.05, 0) is 12.1 Å². The maximum absolute atomic E-state index is 12.4. The molecule has 1 amide bonds. The fraction of sp³-hybridized carbons (Fsp3) is 0.375. The molecule has 0 bridgehead atoms. The van der Waals surface area contributed by atoms with Crippen LogP contribution in [0.2, 0.25) is 0 Å². The second-order valence-corrected chi connectivity index (χ2v) is 6.13. The quantitative estimate of drug-likeness (QED) is 0.938. The molecule has 0 unspecified atom stereocenters. The zero-order valence-corrected chi connectivity index (χ0v) is 13.5.